The van der Waals surface area contributed by atoms with Crippen LogP contribution in [0.1, 0.15) is 27.6 Å². The number of tetrazole rings is 1. The molecule has 2 heterocycles. The van der Waals surface area contributed by atoms with Crippen LogP contribution in [0.3, 0.4) is 0 Å². The lowest BCUT2D eigenvalue weighted by atomic mass is 10.1. The average molecular weight is 454 g/mol. The van der Waals surface area contributed by atoms with Gasteiger partial charge in [-0.1, -0.05) is 47.7 Å². The first-order valence-electron chi connectivity index (χ1n) is 9.58. The number of hydrogen-bond acceptors (Lipinski definition) is 6. The number of aromatic nitrogens is 4. The van der Waals surface area contributed by atoms with Crippen molar-refractivity contribution in [2.75, 3.05) is 5.75 Å². The van der Waals surface area contributed by atoms with Gasteiger partial charge in [0.2, 0.25) is 11.1 Å². The van der Waals surface area contributed by atoms with Crippen LogP contribution in [-0.4, -0.2) is 31.9 Å². The van der Waals surface area contributed by atoms with Crippen LogP contribution in [-0.2, 0) is 4.79 Å². The predicted molar refractivity (Wildman–Crippen MR) is 120 cm³/mol. The average Bonchev–Trinajstić information content (AvgIpc) is 3.44. The first-order valence-corrected chi connectivity index (χ1v) is 11.4. The van der Waals surface area contributed by atoms with Crippen molar-refractivity contribution in [3.8, 4) is 5.69 Å². The minimum atomic E-state index is -0.343. The van der Waals surface area contributed by atoms with E-state index in [0.29, 0.717) is 5.16 Å². The molecule has 4 rings (SSSR count). The largest absolute Gasteiger partial charge is 0.344 e. The molecule has 4 aromatic rings. The fourth-order valence-corrected chi connectivity index (χ4v) is 4.72. The molecule has 31 heavy (non-hydrogen) atoms. The highest BCUT2D eigenvalue weighted by Gasteiger charge is 2.19. The van der Waals surface area contributed by atoms with E-state index >= 15 is 0 Å². The number of carbonyl (C=O) groups is 1. The van der Waals surface area contributed by atoms with E-state index in [0.717, 1.165) is 27.3 Å². The number of carbonyl (C=O) groups excluding carboxylic acids is 1. The van der Waals surface area contributed by atoms with Gasteiger partial charge in [-0.05, 0) is 65.0 Å². The van der Waals surface area contributed by atoms with Crippen LogP contribution in [0.4, 0.5) is 4.39 Å². The Hall–Kier alpha value is -3.04. The number of benzene rings is 2. The van der Waals surface area contributed by atoms with Crippen molar-refractivity contribution in [1.82, 2.24) is 25.5 Å². The minimum Gasteiger partial charge on any atom is -0.344 e. The summed E-state index contributed by atoms with van der Waals surface area (Å²) in [5.41, 5.74) is 3.90. The maximum absolute atomic E-state index is 13.4. The van der Waals surface area contributed by atoms with Crippen molar-refractivity contribution in [3.63, 3.8) is 0 Å². The number of thioether (sulfide) groups is 1. The molecule has 0 unspecified atom stereocenters. The molecular formula is C22H20FN5OS2. The van der Waals surface area contributed by atoms with Gasteiger partial charge in [0.05, 0.1) is 17.5 Å². The Balaban J connectivity index is 1.47. The van der Waals surface area contributed by atoms with E-state index in [-0.39, 0.29) is 23.5 Å². The van der Waals surface area contributed by atoms with Crippen molar-refractivity contribution < 1.29 is 9.18 Å². The number of thiophene rings is 1. The molecule has 0 aliphatic carbocycles. The summed E-state index contributed by atoms with van der Waals surface area (Å²) in [5.74, 6) is -0.328. The zero-order valence-corrected chi connectivity index (χ0v) is 18.6. The topological polar surface area (TPSA) is 72.7 Å². The fourth-order valence-electron chi connectivity index (χ4n) is 3.23. The first-order chi connectivity index (χ1) is 15.0. The summed E-state index contributed by atoms with van der Waals surface area (Å²) in [7, 11) is 0. The van der Waals surface area contributed by atoms with Crippen LogP contribution in [0.25, 0.3) is 5.69 Å². The highest BCUT2D eigenvalue weighted by Crippen LogP contribution is 2.27. The lowest BCUT2D eigenvalue weighted by Gasteiger charge is -2.18. The lowest BCUT2D eigenvalue weighted by Crippen LogP contribution is -2.30. The third-order valence-electron chi connectivity index (χ3n) is 4.69. The van der Waals surface area contributed by atoms with Gasteiger partial charge in [0.1, 0.15) is 5.82 Å². The number of amides is 1. The van der Waals surface area contributed by atoms with Crippen molar-refractivity contribution in [1.29, 1.82) is 0 Å². The highest BCUT2D eigenvalue weighted by atomic mass is 32.2. The number of halogens is 1. The van der Waals surface area contributed by atoms with Crippen molar-refractivity contribution >= 4 is 29.0 Å². The predicted octanol–water partition coefficient (Wildman–Crippen LogP) is 4.48. The molecule has 2 aromatic carbocycles. The van der Waals surface area contributed by atoms with Gasteiger partial charge in [-0.15, -0.1) is 16.4 Å². The Morgan fingerprint density at radius 2 is 2.00 bits per heavy atom. The van der Waals surface area contributed by atoms with E-state index in [2.05, 4.69) is 26.9 Å². The Morgan fingerprint density at radius 1 is 1.19 bits per heavy atom. The Kier molecular flexibility index (Phi) is 6.43. The molecule has 0 saturated carbocycles. The molecule has 0 aliphatic rings. The quantitative estimate of drug-likeness (QED) is 0.418. The maximum Gasteiger partial charge on any atom is 0.231 e. The fraction of sp³-hybridized carbons (Fsp3) is 0.182. The molecule has 1 amide bonds. The van der Waals surface area contributed by atoms with Gasteiger partial charge >= 0.3 is 0 Å². The third-order valence-corrected chi connectivity index (χ3v) is 6.55. The van der Waals surface area contributed by atoms with Gasteiger partial charge in [0.25, 0.3) is 0 Å². The molecule has 0 radical (unpaired) electrons. The van der Waals surface area contributed by atoms with E-state index in [1.807, 2.05) is 43.5 Å². The van der Waals surface area contributed by atoms with Gasteiger partial charge in [0.15, 0.2) is 0 Å². The second-order valence-electron chi connectivity index (χ2n) is 7.02. The molecule has 1 atom stereocenters. The van der Waals surface area contributed by atoms with Gasteiger partial charge in [-0.3, -0.25) is 4.79 Å². The summed E-state index contributed by atoms with van der Waals surface area (Å²) in [5, 5.41) is 17.5. The van der Waals surface area contributed by atoms with Crippen LogP contribution < -0.4 is 5.32 Å². The molecule has 0 fully saturated rings. The Labute approximate surface area is 187 Å². The number of hydrogen-bond donors (Lipinski definition) is 1. The molecule has 6 nitrogen and oxygen atoms in total. The number of nitrogens with zero attached hydrogens (tertiary/aromatic N) is 4. The standard InChI is InChI=1S/C22H20FN5OS2/c1-14-5-10-18(15(2)12-14)28-22(25-26-27-28)31-13-20(29)24-21(19-4-3-11-30-19)16-6-8-17(23)9-7-16/h3-12,21H,13H2,1-2H3,(H,24,29)/t21-/m1/s1. The third kappa shape index (κ3) is 5.00. The number of nitrogens with one attached hydrogen (secondary N) is 1. The van der Waals surface area contributed by atoms with Gasteiger partial charge in [-0.2, -0.15) is 4.68 Å². The van der Waals surface area contributed by atoms with Crippen LogP contribution in [0.15, 0.2) is 65.1 Å². The monoisotopic (exact) mass is 453 g/mol. The second-order valence-corrected chi connectivity index (χ2v) is 8.94. The number of rotatable bonds is 7. The number of aryl methyl sites for hydroxylation is 2. The SMILES string of the molecule is Cc1ccc(-n2nnnc2SCC(=O)N[C@H](c2ccc(F)cc2)c2cccs2)c(C)c1. The molecule has 0 spiro atoms. The van der Waals surface area contributed by atoms with Crippen molar-refractivity contribution in [3.05, 3.63) is 87.4 Å². The smallest absolute Gasteiger partial charge is 0.231 e. The normalized spacial score (nSPS) is 12.0. The summed E-state index contributed by atoms with van der Waals surface area (Å²) in [6.07, 6.45) is 0. The van der Waals surface area contributed by atoms with Crippen molar-refractivity contribution in [2.24, 2.45) is 0 Å². The molecule has 9 heteroatoms. The Bertz CT molecular complexity index is 1180. The summed E-state index contributed by atoms with van der Waals surface area (Å²) < 4.78 is 15.0. The summed E-state index contributed by atoms with van der Waals surface area (Å²) in [4.78, 5) is 13.7. The van der Waals surface area contributed by atoms with Crippen LogP contribution in [0.5, 0.6) is 0 Å². The molecule has 0 bridgehead atoms. The lowest BCUT2D eigenvalue weighted by molar-refractivity contribution is -0.119. The van der Waals surface area contributed by atoms with Gasteiger partial charge in [-0.25, -0.2) is 4.39 Å². The summed E-state index contributed by atoms with van der Waals surface area (Å²) in [6, 6.07) is 15.7. The van der Waals surface area contributed by atoms with Gasteiger partial charge in [0, 0.05) is 4.88 Å². The van der Waals surface area contributed by atoms with Crippen LogP contribution in [0.2, 0.25) is 0 Å². The van der Waals surface area contributed by atoms with E-state index < -0.39 is 0 Å². The summed E-state index contributed by atoms with van der Waals surface area (Å²) in [6.45, 7) is 4.03. The molecule has 0 aliphatic heterocycles. The molecular weight excluding hydrogens is 433 g/mol. The van der Waals surface area contributed by atoms with Crippen LogP contribution >= 0.6 is 23.1 Å². The second kappa shape index (κ2) is 9.40. The van der Waals surface area contributed by atoms with E-state index in [9.17, 15) is 9.18 Å². The van der Waals surface area contributed by atoms with Crippen molar-refractivity contribution in [2.45, 2.75) is 25.0 Å². The Morgan fingerprint density at radius 3 is 2.71 bits per heavy atom. The maximum atomic E-state index is 13.4. The van der Waals surface area contributed by atoms with E-state index in [1.54, 1.807) is 16.8 Å². The molecule has 1 N–H and O–H groups in total. The molecule has 158 valence electrons. The highest BCUT2D eigenvalue weighted by molar-refractivity contribution is 7.99. The zero-order chi connectivity index (χ0) is 21.8. The summed E-state index contributed by atoms with van der Waals surface area (Å²) >= 11 is 2.80. The van der Waals surface area contributed by atoms with E-state index in [4.69, 9.17) is 0 Å². The molecule has 0 saturated heterocycles. The van der Waals surface area contributed by atoms with Gasteiger partial charge < -0.3 is 5.32 Å². The van der Waals surface area contributed by atoms with E-state index in [1.165, 1.54) is 35.2 Å². The first kappa shape index (κ1) is 21.2. The zero-order valence-electron chi connectivity index (χ0n) is 16.9. The minimum absolute atomic E-state index is 0.147. The molecule has 2 aromatic heterocycles. The van der Waals surface area contributed by atoms with Crippen LogP contribution in [0, 0.1) is 19.7 Å².